The van der Waals surface area contributed by atoms with E-state index in [0.717, 1.165) is 58.3 Å². The van der Waals surface area contributed by atoms with Crippen LogP contribution in [0.4, 0.5) is 0 Å². The summed E-state index contributed by atoms with van der Waals surface area (Å²) in [6.07, 6.45) is 2.40. The van der Waals surface area contributed by atoms with Crippen LogP contribution in [0.25, 0.3) is 0 Å². The highest BCUT2D eigenvalue weighted by Crippen LogP contribution is 2.21. The molecule has 5 nitrogen and oxygen atoms in total. The number of benzene rings is 1. The Balaban J connectivity index is 0.00000261. The summed E-state index contributed by atoms with van der Waals surface area (Å²) in [7, 11) is 1.90. The van der Waals surface area contributed by atoms with E-state index in [4.69, 9.17) is 4.74 Å². The molecule has 1 aromatic rings. The van der Waals surface area contributed by atoms with Crippen LogP contribution in [0.1, 0.15) is 25.8 Å². The Kier molecular flexibility index (Phi) is 8.82. The number of guanidine groups is 1. The normalized spacial score (nSPS) is 21.8. The number of hydrogen-bond donors (Lipinski definition) is 1. The molecule has 1 N–H and O–H groups in total. The van der Waals surface area contributed by atoms with Gasteiger partial charge in [0.25, 0.3) is 0 Å². The van der Waals surface area contributed by atoms with Crippen LogP contribution in [0, 0.1) is 5.92 Å². The lowest BCUT2D eigenvalue weighted by Gasteiger charge is -2.41. The van der Waals surface area contributed by atoms with Gasteiger partial charge in [-0.3, -0.25) is 9.89 Å². The van der Waals surface area contributed by atoms with Crippen molar-refractivity contribution in [1.82, 2.24) is 15.1 Å². The lowest BCUT2D eigenvalue weighted by molar-refractivity contribution is -0.00846. The van der Waals surface area contributed by atoms with Gasteiger partial charge in [-0.15, -0.1) is 24.0 Å². The molecule has 0 bridgehead atoms. The molecule has 0 aromatic heterocycles. The Bertz CT molecular complexity index is 587. The standard InChI is InChI=1S/C21H34N4O.HI/c1-21(2,25-11-13-26-14-12-25)17-23-20(22-3)24-10-9-19(16-24)15-18-7-5-4-6-8-18;/h4-8,19H,9-17H2,1-3H3,(H,22,23);1H. The molecule has 0 saturated carbocycles. The van der Waals surface area contributed by atoms with E-state index in [9.17, 15) is 0 Å². The summed E-state index contributed by atoms with van der Waals surface area (Å²) in [4.78, 5) is 9.48. The maximum atomic E-state index is 5.49. The van der Waals surface area contributed by atoms with Gasteiger partial charge in [0.05, 0.1) is 13.2 Å². The topological polar surface area (TPSA) is 40.1 Å². The van der Waals surface area contributed by atoms with Crippen molar-refractivity contribution >= 4 is 29.9 Å². The number of hydrogen-bond acceptors (Lipinski definition) is 3. The van der Waals surface area contributed by atoms with Crippen molar-refractivity contribution in [2.24, 2.45) is 10.9 Å². The minimum atomic E-state index is 0. The Morgan fingerprint density at radius 3 is 2.56 bits per heavy atom. The summed E-state index contributed by atoms with van der Waals surface area (Å²) in [6, 6.07) is 10.8. The van der Waals surface area contributed by atoms with Gasteiger partial charge in [-0.2, -0.15) is 0 Å². The number of likely N-dealkylation sites (tertiary alicyclic amines) is 1. The van der Waals surface area contributed by atoms with Crippen LogP contribution in [-0.4, -0.2) is 74.3 Å². The first-order chi connectivity index (χ1) is 12.6. The number of halogens is 1. The van der Waals surface area contributed by atoms with Crippen molar-refractivity contribution < 1.29 is 4.74 Å². The van der Waals surface area contributed by atoms with E-state index in [0.29, 0.717) is 5.92 Å². The molecule has 3 rings (SSSR count). The quantitative estimate of drug-likeness (QED) is 0.395. The maximum Gasteiger partial charge on any atom is 0.193 e. The van der Waals surface area contributed by atoms with Crippen LogP contribution >= 0.6 is 24.0 Å². The molecule has 0 radical (unpaired) electrons. The summed E-state index contributed by atoms with van der Waals surface area (Å²) in [5, 5.41) is 3.63. The van der Waals surface area contributed by atoms with Gasteiger partial charge < -0.3 is 15.0 Å². The fourth-order valence-corrected chi connectivity index (χ4v) is 4.05. The average molecular weight is 486 g/mol. The molecule has 1 unspecified atom stereocenters. The van der Waals surface area contributed by atoms with Crippen LogP contribution in [0.3, 0.4) is 0 Å². The SMILES string of the molecule is CN=C(NCC(C)(C)N1CCOCC1)N1CCC(Cc2ccccc2)C1.I. The van der Waals surface area contributed by atoms with Gasteiger partial charge in [-0.05, 0) is 38.2 Å². The van der Waals surface area contributed by atoms with Crippen molar-refractivity contribution in [3.05, 3.63) is 35.9 Å². The number of nitrogens with one attached hydrogen (secondary N) is 1. The highest BCUT2D eigenvalue weighted by Gasteiger charge is 2.30. The van der Waals surface area contributed by atoms with Crippen LogP contribution in [0.5, 0.6) is 0 Å². The molecule has 0 amide bonds. The fourth-order valence-electron chi connectivity index (χ4n) is 4.05. The lowest BCUT2D eigenvalue weighted by atomic mass is 9.99. The molecule has 2 aliphatic heterocycles. The zero-order chi connectivity index (χ0) is 18.4. The highest BCUT2D eigenvalue weighted by molar-refractivity contribution is 14.0. The summed E-state index contributed by atoms with van der Waals surface area (Å²) in [6.45, 7) is 11.4. The Labute approximate surface area is 181 Å². The van der Waals surface area contributed by atoms with Crippen LogP contribution in [-0.2, 0) is 11.2 Å². The molecule has 152 valence electrons. The largest absolute Gasteiger partial charge is 0.379 e. The number of morpholine rings is 1. The summed E-state index contributed by atoms with van der Waals surface area (Å²) >= 11 is 0. The molecule has 27 heavy (non-hydrogen) atoms. The molecule has 1 aromatic carbocycles. The van der Waals surface area contributed by atoms with Gasteiger partial charge in [0, 0.05) is 45.3 Å². The van der Waals surface area contributed by atoms with E-state index in [1.807, 2.05) is 7.05 Å². The fraction of sp³-hybridized carbons (Fsp3) is 0.667. The maximum absolute atomic E-state index is 5.49. The third-order valence-electron chi connectivity index (χ3n) is 5.71. The second-order valence-corrected chi connectivity index (χ2v) is 8.10. The van der Waals surface area contributed by atoms with Gasteiger partial charge in [-0.1, -0.05) is 30.3 Å². The number of nitrogens with zero attached hydrogens (tertiary/aromatic N) is 3. The minimum Gasteiger partial charge on any atom is -0.379 e. The summed E-state index contributed by atoms with van der Waals surface area (Å²) in [5.41, 5.74) is 1.54. The smallest absolute Gasteiger partial charge is 0.193 e. The third-order valence-corrected chi connectivity index (χ3v) is 5.71. The van der Waals surface area contributed by atoms with Crippen molar-refractivity contribution in [1.29, 1.82) is 0 Å². The molecule has 0 aliphatic carbocycles. The monoisotopic (exact) mass is 486 g/mol. The van der Waals surface area contributed by atoms with E-state index in [-0.39, 0.29) is 29.5 Å². The first kappa shape index (κ1) is 22.4. The average Bonchev–Trinajstić information content (AvgIpc) is 3.12. The highest BCUT2D eigenvalue weighted by atomic mass is 127. The van der Waals surface area contributed by atoms with E-state index in [2.05, 4.69) is 64.3 Å². The molecule has 1 atom stereocenters. The predicted octanol–water partition coefficient (Wildman–Crippen LogP) is 2.86. The predicted molar refractivity (Wildman–Crippen MR) is 123 cm³/mol. The van der Waals surface area contributed by atoms with Crippen molar-refractivity contribution in [3.8, 4) is 0 Å². The molecule has 2 fully saturated rings. The van der Waals surface area contributed by atoms with Crippen molar-refractivity contribution in [2.75, 3.05) is 53.0 Å². The van der Waals surface area contributed by atoms with E-state index < -0.39 is 0 Å². The van der Waals surface area contributed by atoms with Gasteiger partial charge in [0.15, 0.2) is 5.96 Å². The molecular weight excluding hydrogens is 451 g/mol. The van der Waals surface area contributed by atoms with Crippen molar-refractivity contribution in [2.45, 2.75) is 32.2 Å². The van der Waals surface area contributed by atoms with Gasteiger partial charge in [0.2, 0.25) is 0 Å². The van der Waals surface area contributed by atoms with E-state index in [1.165, 1.54) is 12.0 Å². The second-order valence-electron chi connectivity index (χ2n) is 8.10. The molecule has 2 saturated heterocycles. The van der Waals surface area contributed by atoms with Gasteiger partial charge in [-0.25, -0.2) is 0 Å². The Morgan fingerprint density at radius 2 is 1.89 bits per heavy atom. The molecular formula is C21H35IN4O. The number of ether oxygens (including phenoxy) is 1. The number of aliphatic imine (C=N–C) groups is 1. The van der Waals surface area contributed by atoms with Gasteiger partial charge >= 0.3 is 0 Å². The molecule has 2 aliphatic rings. The molecule has 0 spiro atoms. The molecule has 6 heteroatoms. The Hall–Kier alpha value is -0.860. The van der Waals surface area contributed by atoms with Gasteiger partial charge in [0.1, 0.15) is 0 Å². The lowest BCUT2D eigenvalue weighted by Crippen LogP contribution is -2.56. The van der Waals surface area contributed by atoms with Crippen molar-refractivity contribution in [3.63, 3.8) is 0 Å². The zero-order valence-corrected chi connectivity index (χ0v) is 19.3. The molecule has 2 heterocycles. The van der Waals surface area contributed by atoms with Crippen LogP contribution in [0.2, 0.25) is 0 Å². The van der Waals surface area contributed by atoms with Crippen LogP contribution in [0.15, 0.2) is 35.3 Å². The summed E-state index contributed by atoms with van der Waals surface area (Å²) < 4.78 is 5.49. The summed E-state index contributed by atoms with van der Waals surface area (Å²) in [5.74, 6) is 1.75. The second kappa shape index (κ2) is 10.6. The first-order valence-electron chi connectivity index (χ1n) is 9.91. The number of rotatable bonds is 5. The first-order valence-corrected chi connectivity index (χ1v) is 9.91. The van der Waals surface area contributed by atoms with E-state index in [1.54, 1.807) is 0 Å². The minimum absolute atomic E-state index is 0. The third kappa shape index (κ3) is 6.32. The Morgan fingerprint density at radius 1 is 1.19 bits per heavy atom. The van der Waals surface area contributed by atoms with Crippen LogP contribution < -0.4 is 5.32 Å². The van der Waals surface area contributed by atoms with E-state index >= 15 is 0 Å². The zero-order valence-electron chi connectivity index (χ0n) is 17.0.